The highest BCUT2D eigenvalue weighted by Gasteiger charge is 2.43. The molecule has 2 aromatic carbocycles. The molecule has 4 nitrogen and oxygen atoms in total. The lowest BCUT2D eigenvalue weighted by atomic mass is 10.1. The molecule has 132 valence electrons. The Morgan fingerprint density at radius 2 is 1.96 bits per heavy atom. The number of hydrogen-bond acceptors (Lipinski definition) is 3. The second-order valence-electron chi connectivity index (χ2n) is 6.07. The van der Waals surface area contributed by atoms with Crippen molar-refractivity contribution in [3.63, 3.8) is 0 Å². The summed E-state index contributed by atoms with van der Waals surface area (Å²) in [6.45, 7) is -2.90. The molecule has 0 aromatic heterocycles. The third-order valence-corrected chi connectivity index (χ3v) is 4.29. The van der Waals surface area contributed by atoms with Crippen molar-refractivity contribution >= 4 is 5.91 Å². The normalized spacial score (nSPS) is 20.2. The van der Waals surface area contributed by atoms with Gasteiger partial charge in [0.2, 0.25) is 5.91 Å². The second kappa shape index (κ2) is 7.61. The molecule has 6 heteroatoms. The summed E-state index contributed by atoms with van der Waals surface area (Å²) < 4.78 is 28.8. The zero-order valence-corrected chi connectivity index (χ0v) is 13.4. The summed E-state index contributed by atoms with van der Waals surface area (Å²) in [6.07, 6.45) is -0.192. The molecule has 0 aliphatic heterocycles. The lowest BCUT2D eigenvalue weighted by molar-refractivity contribution is -0.122. The molecule has 0 heterocycles. The third kappa shape index (κ3) is 4.54. The number of aliphatic hydroxyl groups excluding tert-OH is 1. The van der Waals surface area contributed by atoms with Gasteiger partial charge in [-0.15, -0.1) is 0 Å². The maximum Gasteiger partial charge on any atom is 0.387 e. The van der Waals surface area contributed by atoms with Gasteiger partial charge in [-0.05, 0) is 35.6 Å². The van der Waals surface area contributed by atoms with Crippen LogP contribution in [-0.2, 0) is 4.79 Å². The van der Waals surface area contributed by atoms with Gasteiger partial charge in [0.15, 0.2) is 0 Å². The molecule has 0 radical (unpaired) electrons. The number of aliphatic hydroxyl groups is 1. The number of carbonyl (C=O) groups excluding carboxylic acids is 1. The van der Waals surface area contributed by atoms with E-state index in [1.807, 2.05) is 30.3 Å². The van der Waals surface area contributed by atoms with Crippen molar-refractivity contribution in [2.45, 2.75) is 25.1 Å². The number of carbonyl (C=O) groups is 1. The van der Waals surface area contributed by atoms with Crippen LogP contribution < -0.4 is 10.1 Å². The first-order chi connectivity index (χ1) is 12.0. The van der Waals surface area contributed by atoms with Crippen LogP contribution in [0.15, 0.2) is 54.6 Å². The summed E-state index contributed by atoms with van der Waals surface area (Å²) in [5.41, 5.74) is 1.55. The van der Waals surface area contributed by atoms with Gasteiger partial charge in [0.25, 0.3) is 0 Å². The molecule has 1 saturated carbocycles. The second-order valence-corrected chi connectivity index (χ2v) is 6.07. The summed E-state index contributed by atoms with van der Waals surface area (Å²) in [7, 11) is 0. The van der Waals surface area contributed by atoms with E-state index < -0.39 is 12.7 Å². The van der Waals surface area contributed by atoms with E-state index in [0.29, 0.717) is 5.56 Å². The van der Waals surface area contributed by atoms with Crippen LogP contribution in [0, 0.1) is 5.92 Å². The summed E-state index contributed by atoms with van der Waals surface area (Å²) in [5, 5.41) is 12.9. The number of rotatable bonds is 7. The standard InChI is InChI=1S/C19H19F2NO3/c20-19(21)25-14-8-4-7-13(9-14)17(23)11-22-18(24)16-10-15(16)12-5-2-1-3-6-12/h1-9,15-17,19,23H,10-11H2,(H,22,24). The van der Waals surface area contributed by atoms with Crippen LogP contribution in [0.2, 0.25) is 0 Å². The average molecular weight is 347 g/mol. The van der Waals surface area contributed by atoms with E-state index in [1.54, 1.807) is 6.07 Å². The minimum atomic E-state index is -2.92. The fourth-order valence-electron chi connectivity index (χ4n) is 2.90. The molecule has 1 amide bonds. The van der Waals surface area contributed by atoms with Gasteiger partial charge in [0.05, 0.1) is 6.10 Å². The highest BCUT2D eigenvalue weighted by atomic mass is 19.3. The Hall–Kier alpha value is -2.47. The number of alkyl halides is 2. The number of hydrogen-bond donors (Lipinski definition) is 2. The van der Waals surface area contributed by atoms with Gasteiger partial charge in [0, 0.05) is 12.5 Å². The number of nitrogens with one attached hydrogen (secondary N) is 1. The number of halogens is 2. The summed E-state index contributed by atoms with van der Waals surface area (Å²) in [6, 6.07) is 15.7. The van der Waals surface area contributed by atoms with E-state index >= 15 is 0 Å². The first kappa shape index (κ1) is 17.4. The molecule has 3 atom stereocenters. The van der Waals surface area contributed by atoms with E-state index in [9.17, 15) is 18.7 Å². The average Bonchev–Trinajstić information content (AvgIpc) is 3.40. The van der Waals surface area contributed by atoms with Crippen LogP contribution in [0.1, 0.15) is 29.6 Å². The summed E-state index contributed by atoms with van der Waals surface area (Å²) in [5.74, 6) is 0.0151. The molecule has 1 aliphatic carbocycles. The molecule has 0 bridgehead atoms. The van der Waals surface area contributed by atoms with Crippen LogP contribution in [0.25, 0.3) is 0 Å². The quantitative estimate of drug-likeness (QED) is 0.808. The molecule has 3 unspecified atom stereocenters. The molecule has 0 saturated heterocycles. The Kier molecular flexibility index (Phi) is 5.28. The highest BCUT2D eigenvalue weighted by Crippen LogP contribution is 2.47. The zero-order chi connectivity index (χ0) is 17.8. The van der Waals surface area contributed by atoms with Crippen molar-refractivity contribution in [3.8, 4) is 5.75 Å². The fraction of sp³-hybridized carbons (Fsp3) is 0.316. The van der Waals surface area contributed by atoms with Crippen molar-refractivity contribution in [3.05, 3.63) is 65.7 Å². The lowest BCUT2D eigenvalue weighted by Gasteiger charge is -2.14. The van der Waals surface area contributed by atoms with Crippen LogP contribution in [0.3, 0.4) is 0 Å². The molecule has 0 spiro atoms. The predicted molar refractivity (Wildman–Crippen MR) is 88.3 cm³/mol. The smallest absolute Gasteiger partial charge is 0.387 e. The van der Waals surface area contributed by atoms with Crippen molar-refractivity contribution in [1.82, 2.24) is 5.32 Å². The molecular weight excluding hydrogens is 328 g/mol. The lowest BCUT2D eigenvalue weighted by Crippen LogP contribution is -2.30. The Morgan fingerprint density at radius 3 is 2.68 bits per heavy atom. The van der Waals surface area contributed by atoms with E-state index in [4.69, 9.17) is 0 Å². The fourth-order valence-corrected chi connectivity index (χ4v) is 2.90. The van der Waals surface area contributed by atoms with Crippen molar-refractivity contribution in [2.75, 3.05) is 6.54 Å². The Bertz CT molecular complexity index is 724. The first-order valence-corrected chi connectivity index (χ1v) is 8.10. The molecular formula is C19H19F2NO3. The van der Waals surface area contributed by atoms with Crippen molar-refractivity contribution in [2.24, 2.45) is 5.92 Å². The largest absolute Gasteiger partial charge is 0.435 e. The SMILES string of the molecule is O=C(NCC(O)c1cccc(OC(F)F)c1)C1CC1c1ccccc1. The minimum Gasteiger partial charge on any atom is -0.435 e. The monoisotopic (exact) mass is 347 g/mol. The van der Waals surface area contributed by atoms with Gasteiger partial charge in [-0.2, -0.15) is 8.78 Å². The Balaban J connectivity index is 1.51. The van der Waals surface area contributed by atoms with Crippen molar-refractivity contribution < 1.29 is 23.4 Å². The minimum absolute atomic E-state index is 0.0228. The van der Waals surface area contributed by atoms with Gasteiger partial charge in [-0.3, -0.25) is 4.79 Å². The molecule has 1 fully saturated rings. The summed E-state index contributed by atoms with van der Waals surface area (Å²) in [4.78, 5) is 12.2. The van der Waals surface area contributed by atoms with E-state index in [2.05, 4.69) is 10.1 Å². The van der Waals surface area contributed by atoms with E-state index in [1.165, 1.54) is 18.2 Å². The van der Waals surface area contributed by atoms with Crippen LogP contribution in [0.4, 0.5) is 8.78 Å². The highest BCUT2D eigenvalue weighted by molar-refractivity contribution is 5.82. The molecule has 2 N–H and O–H groups in total. The van der Waals surface area contributed by atoms with Crippen LogP contribution >= 0.6 is 0 Å². The van der Waals surface area contributed by atoms with Crippen LogP contribution in [-0.4, -0.2) is 24.2 Å². The van der Waals surface area contributed by atoms with Crippen molar-refractivity contribution in [1.29, 1.82) is 0 Å². The predicted octanol–water partition coefficient (Wildman–Crippen LogP) is 3.24. The summed E-state index contributed by atoms with van der Waals surface area (Å²) >= 11 is 0. The number of ether oxygens (including phenoxy) is 1. The van der Waals surface area contributed by atoms with Gasteiger partial charge in [-0.25, -0.2) is 0 Å². The van der Waals surface area contributed by atoms with E-state index in [0.717, 1.165) is 12.0 Å². The van der Waals surface area contributed by atoms with Gasteiger partial charge >= 0.3 is 6.61 Å². The molecule has 25 heavy (non-hydrogen) atoms. The van der Waals surface area contributed by atoms with Gasteiger partial charge in [-0.1, -0.05) is 42.5 Å². The number of amides is 1. The van der Waals surface area contributed by atoms with Gasteiger partial charge < -0.3 is 15.2 Å². The maximum atomic E-state index is 12.2. The third-order valence-electron chi connectivity index (χ3n) is 4.29. The Labute approximate surface area is 144 Å². The first-order valence-electron chi connectivity index (χ1n) is 8.10. The van der Waals surface area contributed by atoms with E-state index in [-0.39, 0.29) is 30.0 Å². The molecule has 2 aromatic rings. The number of benzene rings is 2. The Morgan fingerprint density at radius 1 is 1.20 bits per heavy atom. The topological polar surface area (TPSA) is 58.6 Å². The maximum absolute atomic E-state index is 12.2. The van der Waals surface area contributed by atoms with Crippen LogP contribution in [0.5, 0.6) is 5.75 Å². The zero-order valence-electron chi connectivity index (χ0n) is 13.4. The molecule has 3 rings (SSSR count). The van der Waals surface area contributed by atoms with Gasteiger partial charge in [0.1, 0.15) is 5.75 Å². The molecule has 1 aliphatic rings.